The van der Waals surface area contributed by atoms with E-state index in [9.17, 15) is 9.59 Å². The summed E-state index contributed by atoms with van der Waals surface area (Å²) >= 11 is 0. The number of carboxylic acids is 1. The lowest BCUT2D eigenvalue weighted by Gasteiger charge is -2.23. The van der Waals surface area contributed by atoms with Crippen LogP contribution in [-0.2, 0) is 14.3 Å². The van der Waals surface area contributed by atoms with E-state index in [0.29, 0.717) is 6.54 Å². The zero-order chi connectivity index (χ0) is 14.4. The Labute approximate surface area is 119 Å². The molecule has 1 aliphatic carbocycles. The Bertz CT molecular complexity index is 342. The van der Waals surface area contributed by atoms with Crippen LogP contribution in [0.15, 0.2) is 0 Å². The van der Waals surface area contributed by atoms with Crippen molar-refractivity contribution in [3.63, 3.8) is 0 Å². The van der Waals surface area contributed by atoms with Gasteiger partial charge in [0, 0.05) is 6.54 Å². The third-order valence-corrected chi connectivity index (χ3v) is 4.27. The van der Waals surface area contributed by atoms with Crippen molar-refractivity contribution < 1.29 is 19.4 Å². The van der Waals surface area contributed by atoms with Gasteiger partial charge in [0.2, 0.25) is 5.91 Å². The molecule has 114 valence electrons. The smallest absolute Gasteiger partial charge is 0.306 e. The Hall–Kier alpha value is -1.14. The Balaban J connectivity index is 1.63. The van der Waals surface area contributed by atoms with Crippen molar-refractivity contribution in [2.45, 2.75) is 38.2 Å². The van der Waals surface area contributed by atoms with Crippen molar-refractivity contribution in [2.24, 2.45) is 11.8 Å². The molecule has 1 saturated heterocycles. The van der Waals surface area contributed by atoms with Crippen LogP contribution in [0.3, 0.4) is 0 Å². The standard InChI is InChI=1S/C14H24N2O4/c17-13(9-20-11-4-6-15-7-5-11)16-8-10-2-1-3-12(10)14(18)19/h10-12,15H,1-9H2,(H,16,17)(H,18,19). The van der Waals surface area contributed by atoms with Crippen molar-refractivity contribution in [1.29, 1.82) is 0 Å². The molecule has 2 rings (SSSR count). The van der Waals surface area contributed by atoms with Gasteiger partial charge in [-0.15, -0.1) is 0 Å². The minimum atomic E-state index is -0.743. The second-order valence-corrected chi connectivity index (χ2v) is 5.70. The van der Waals surface area contributed by atoms with Crippen molar-refractivity contribution >= 4 is 11.9 Å². The predicted octanol–water partition coefficient (Wildman–Crippen LogP) is 0.372. The highest BCUT2D eigenvalue weighted by atomic mass is 16.5. The summed E-state index contributed by atoms with van der Waals surface area (Å²) in [5.74, 6) is -1.12. The number of aliphatic carboxylic acids is 1. The summed E-state index contributed by atoms with van der Waals surface area (Å²) in [6.45, 7) is 2.41. The van der Waals surface area contributed by atoms with E-state index in [-0.39, 0.29) is 30.5 Å². The van der Waals surface area contributed by atoms with Crippen LogP contribution in [0.4, 0.5) is 0 Å². The van der Waals surface area contributed by atoms with Crippen LogP contribution in [0, 0.1) is 11.8 Å². The summed E-state index contributed by atoms with van der Waals surface area (Å²) in [7, 11) is 0. The van der Waals surface area contributed by atoms with Gasteiger partial charge < -0.3 is 20.5 Å². The van der Waals surface area contributed by atoms with E-state index >= 15 is 0 Å². The first-order valence-corrected chi connectivity index (χ1v) is 7.48. The van der Waals surface area contributed by atoms with Crippen molar-refractivity contribution in [1.82, 2.24) is 10.6 Å². The van der Waals surface area contributed by atoms with Crippen molar-refractivity contribution in [3.05, 3.63) is 0 Å². The van der Waals surface area contributed by atoms with Gasteiger partial charge in [0.1, 0.15) is 6.61 Å². The van der Waals surface area contributed by atoms with Gasteiger partial charge in [-0.05, 0) is 44.7 Å². The Kier molecular flexibility index (Phi) is 5.79. The second kappa shape index (κ2) is 7.59. The Morgan fingerprint density at radius 3 is 2.65 bits per heavy atom. The number of hydrogen-bond donors (Lipinski definition) is 3. The lowest BCUT2D eigenvalue weighted by Crippen LogP contribution is -2.38. The molecule has 20 heavy (non-hydrogen) atoms. The van der Waals surface area contributed by atoms with Crippen molar-refractivity contribution in [3.8, 4) is 0 Å². The maximum absolute atomic E-state index is 11.7. The average Bonchev–Trinajstić information content (AvgIpc) is 2.92. The fourth-order valence-electron chi connectivity index (χ4n) is 3.06. The van der Waals surface area contributed by atoms with Gasteiger partial charge in [0.05, 0.1) is 12.0 Å². The third kappa shape index (κ3) is 4.45. The lowest BCUT2D eigenvalue weighted by molar-refractivity contribution is -0.143. The largest absolute Gasteiger partial charge is 0.481 e. The number of carbonyl (C=O) groups is 2. The van der Waals surface area contributed by atoms with Gasteiger partial charge in [-0.25, -0.2) is 0 Å². The number of hydrogen-bond acceptors (Lipinski definition) is 4. The molecule has 0 aromatic carbocycles. The number of ether oxygens (including phenoxy) is 1. The Morgan fingerprint density at radius 2 is 1.95 bits per heavy atom. The number of rotatable bonds is 6. The fraction of sp³-hybridized carbons (Fsp3) is 0.857. The SMILES string of the molecule is O=C(COC1CCNCC1)NCC1CCCC1C(=O)O. The van der Waals surface area contributed by atoms with Crippen LogP contribution in [0.2, 0.25) is 0 Å². The highest BCUT2D eigenvalue weighted by molar-refractivity contribution is 5.77. The van der Waals surface area contributed by atoms with Crippen LogP contribution < -0.4 is 10.6 Å². The Morgan fingerprint density at radius 1 is 1.20 bits per heavy atom. The molecule has 0 spiro atoms. The molecular formula is C14H24N2O4. The molecule has 0 bridgehead atoms. The summed E-state index contributed by atoms with van der Waals surface area (Å²) in [5.41, 5.74) is 0. The van der Waals surface area contributed by atoms with Gasteiger partial charge in [0.25, 0.3) is 0 Å². The molecule has 1 saturated carbocycles. The van der Waals surface area contributed by atoms with E-state index in [1.807, 2.05) is 0 Å². The van der Waals surface area contributed by atoms with Crippen LogP contribution in [0.1, 0.15) is 32.1 Å². The molecule has 2 fully saturated rings. The van der Waals surface area contributed by atoms with Crippen molar-refractivity contribution in [2.75, 3.05) is 26.2 Å². The number of carbonyl (C=O) groups excluding carboxylic acids is 1. The van der Waals surface area contributed by atoms with Gasteiger partial charge in [-0.2, -0.15) is 0 Å². The molecule has 0 aromatic rings. The van der Waals surface area contributed by atoms with Gasteiger partial charge >= 0.3 is 5.97 Å². The van der Waals surface area contributed by atoms with Crippen LogP contribution in [0.25, 0.3) is 0 Å². The van der Waals surface area contributed by atoms with Gasteiger partial charge in [-0.3, -0.25) is 9.59 Å². The first-order chi connectivity index (χ1) is 9.66. The molecule has 0 radical (unpaired) electrons. The van der Waals surface area contributed by atoms with Crippen LogP contribution >= 0.6 is 0 Å². The predicted molar refractivity (Wildman–Crippen MR) is 73.3 cm³/mol. The summed E-state index contributed by atoms with van der Waals surface area (Å²) < 4.78 is 5.57. The van der Waals surface area contributed by atoms with Crippen LogP contribution in [0.5, 0.6) is 0 Å². The van der Waals surface area contributed by atoms with E-state index in [4.69, 9.17) is 9.84 Å². The summed E-state index contributed by atoms with van der Waals surface area (Å²) in [4.78, 5) is 22.8. The molecule has 1 amide bonds. The van der Waals surface area contributed by atoms with E-state index in [0.717, 1.165) is 45.2 Å². The monoisotopic (exact) mass is 284 g/mol. The molecule has 2 aliphatic rings. The normalized spacial score (nSPS) is 27.4. The molecule has 2 atom stereocenters. The molecular weight excluding hydrogens is 260 g/mol. The average molecular weight is 284 g/mol. The van der Waals surface area contributed by atoms with E-state index in [1.165, 1.54) is 0 Å². The quantitative estimate of drug-likeness (QED) is 0.656. The van der Waals surface area contributed by atoms with E-state index in [1.54, 1.807) is 0 Å². The second-order valence-electron chi connectivity index (χ2n) is 5.70. The van der Waals surface area contributed by atoms with Gasteiger partial charge in [-0.1, -0.05) is 6.42 Å². The van der Waals surface area contributed by atoms with E-state index < -0.39 is 5.97 Å². The molecule has 3 N–H and O–H groups in total. The number of piperidine rings is 1. The number of carboxylic acid groups (broad SMARTS) is 1. The zero-order valence-corrected chi connectivity index (χ0v) is 11.8. The maximum atomic E-state index is 11.7. The maximum Gasteiger partial charge on any atom is 0.306 e. The highest BCUT2D eigenvalue weighted by Crippen LogP contribution is 2.31. The third-order valence-electron chi connectivity index (χ3n) is 4.27. The fourth-order valence-corrected chi connectivity index (χ4v) is 3.06. The minimum Gasteiger partial charge on any atom is -0.481 e. The zero-order valence-electron chi connectivity index (χ0n) is 11.8. The molecule has 1 heterocycles. The topological polar surface area (TPSA) is 87.7 Å². The van der Waals surface area contributed by atoms with Gasteiger partial charge in [0.15, 0.2) is 0 Å². The molecule has 0 aromatic heterocycles. The first-order valence-electron chi connectivity index (χ1n) is 7.48. The molecule has 1 aliphatic heterocycles. The highest BCUT2D eigenvalue weighted by Gasteiger charge is 2.32. The lowest BCUT2D eigenvalue weighted by atomic mass is 9.96. The number of amides is 1. The summed E-state index contributed by atoms with van der Waals surface area (Å²) in [5, 5.41) is 15.1. The molecule has 6 nitrogen and oxygen atoms in total. The minimum absolute atomic E-state index is 0.0651. The van der Waals surface area contributed by atoms with Crippen LogP contribution in [-0.4, -0.2) is 49.3 Å². The summed E-state index contributed by atoms with van der Waals surface area (Å²) in [6, 6.07) is 0. The number of nitrogens with one attached hydrogen (secondary N) is 2. The molecule has 2 unspecified atom stereocenters. The molecule has 6 heteroatoms. The first kappa shape index (κ1) is 15.3. The van der Waals surface area contributed by atoms with E-state index in [2.05, 4.69) is 10.6 Å². The summed E-state index contributed by atoms with van der Waals surface area (Å²) in [6.07, 6.45) is 4.59.